The van der Waals surface area contributed by atoms with Crippen LogP contribution >= 0.6 is 0 Å². The van der Waals surface area contributed by atoms with Crippen LogP contribution in [0.15, 0.2) is 12.3 Å². The van der Waals surface area contributed by atoms with Crippen LogP contribution in [-0.4, -0.2) is 38.4 Å². The quantitative estimate of drug-likeness (QED) is 0.855. The standard InChI is InChI=1S/C12H18N2O3/c1-15-10-5-8-14-12(16-2)11(10)17-9-3-6-13-7-4-9/h5,8-9,13H,3-4,6-7H2,1-2H3. The fourth-order valence-electron chi connectivity index (χ4n) is 1.91. The molecule has 1 aliphatic rings. The summed E-state index contributed by atoms with van der Waals surface area (Å²) in [5.41, 5.74) is 0. The maximum Gasteiger partial charge on any atom is 0.260 e. The van der Waals surface area contributed by atoms with E-state index in [4.69, 9.17) is 14.2 Å². The van der Waals surface area contributed by atoms with Crippen LogP contribution in [0.1, 0.15) is 12.8 Å². The van der Waals surface area contributed by atoms with E-state index < -0.39 is 0 Å². The summed E-state index contributed by atoms with van der Waals surface area (Å²) in [5.74, 6) is 1.74. The number of nitrogens with one attached hydrogen (secondary N) is 1. The van der Waals surface area contributed by atoms with E-state index in [9.17, 15) is 0 Å². The molecule has 0 saturated carbocycles. The van der Waals surface area contributed by atoms with Gasteiger partial charge in [-0.2, -0.15) is 0 Å². The number of pyridine rings is 1. The number of rotatable bonds is 4. The Kier molecular flexibility index (Phi) is 4.03. The number of aromatic nitrogens is 1. The zero-order valence-corrected chi connectivity index (χ0v) is 10.2. The van der Waals surface area contributed by atoms with Gasteiger partial charge in [0.25, 0.3) is 5.88 Å². The van der Waals surface area contributed by atoms with E-state index >= 15 is 0 Å². The summed E-state index contributed by atoms with van der Waals surface area (Å²) in [5, 5.41) is 3.30. The minimum absolute atomic E-state index is 0.197. The van der Waals surface area contributed by atoms with E-state index in [0.29, 0.717) is 17.4 Å². The third-order valence-corrected chi connectivity index (χ3v) is 2.82. The van der Waals surface area contributed by atoms with Gasteiger partial charge < -0.3 is 19.5 Å². The molecule has 1 aliphatic heterocycles. The Morgan fingerprint density at radius 2 is 2.00 bits per heavy atom. The molecule has 0 spiro atoms. The molecule has 0 aromatic carbocycles. The number of hydrogen-bond acceptors (Lipinski definition) is 5. The fraction of sp³-hybridized carbons (Fsp3) is 0.583. The second kappa shape index (κ2) is 5.72. The number of nitrogens with zero attached hydrogens (tertiary/aromatic N) is 1. The first-order valence-electron chi connectivity index (χ1n) is 5.79. The van der Waals surface area contributed by atoms with Crippen LogP contribution in [0.2, 0.25) is 0 Å². The van der Waals surface area contributed by atoms with E-state index in [1.54, 1.807) is 26.5 Å². The Balaban J connectivity index is 2.16. The van der Waals surface area contributed by atoms with Crippen LogP contribution < -0.4 is 19.5 Å². The lowest BCUT2D eigenvalue weighted by molar-refractivity contribution is 0.149. The monoisotopic (exact) mass is 238 g/mol. The molecular formula is C12H18N2O3. The van der Waals surface area contributed by atoms with Crippen molar-refractivity contribution in [3.63, 3.8) is 0 Å². The van der Waals surface area contributed by atoms with Gasteiger partial charge in [-0.25, -0.2) is 4.98 Å². The minimum Gasteiger partial charge on any atom is -0.493 e. The molecule has 0 atom stereocenters. The zero-order valence-electron chi connectivity index (χ0n) is 10.2. The highest BCUT2D eigenvalue weighted by atomic mass is 16.5. The van der Waals surface area contributed by atoms with Crippen molar-refractivity contribution in [3.05, 3.63) is 12.3 Å². The van der Waals surface area contributed by atoms with Crippen LogP contribution in [0.3, 0.4) is 0 Å². The molecule has 5 nitrogen and oxygen atoms in total. The second-order valence-corrected chi connectivity index (χ2v) is 3.92. The summed E-state index contributed by atoms with van der Waals surface area (Å²) in [6.07, 6.45) is 3.82. The van der Waals surface area contributed by atoms with E-state index in [-0.39, 0.29) is 6.10 Å². The van der Waals surface area contributed by atoms with Gasteiger partial charge in [0.2, 0.25) is 5.75 Å². The smallest absolute Gasteiger partial charge is 0.260 e. The van der Waals surface area contributed by atoms with E-state index in [0.717, 1.165) is 25.9 Å². The van der Waals surface area contributed by atoms with Gasteiger partial charge in [-0.3, -0.25) is 0 Å². The first-order valence-corrected chi connectivity index (χ1v) is 5.79. The van der Waals surface area contributed by atoms with E-state index in [2.05, 4.69) is 10.3 Å². The van der Waals surface area contributed by atoms with Crippen molar-refractivity contribution in [2.45, 2.75) is 18.9 Å². The van der Waals surface area contributed by atoms with Gasteiger partial charge in [0.05, 0.1) is 14.2 Å². The van der Waals surface area contributed by atoms with Gasteiger partial charge >= 0.3 is 0 Å². The predicted molar refractivity (Wildman–Crippen MR) is 63.9 cm³/mol. The van der Waals surface area contributed by atoms with Gasteiger partial charge in [-0.05, 0) is 25.9 Å². The summed E-state index contributed by atoms with van der Waals surface area (Å²) in [4.78, 5) is 4.13. The molecule has 1 aromatic heterocycles. The molecule has 0 bridgehead atoms. The van der Waals surface area contributed by atoms with Crippen molar-refractivity contribution in [2.24, 2.45) is 0 Å². The second-order valence-electron chi connectivity index (χ2n) is 3.92. The number of hydrogen-bond donors (Lipinski definition) is 1. The van der Waals surface area contributed by atoms with E-state index in [1.807, 2.05) is 0 Å². The Labute approximate surface area is 101 Å². The molecule has 1 fully saturated rings. The molecule has 0 unspecified atom stereocenters. The highest BCUT2D eigenvalue weighted by Gasteiger charge is 2.20. The van der Waals surface area contributed by atoms with Crippen molar-refractivity contribution in [2.75, 3.05) is 27.3 Å². The molecule has 0 radical (unpaired) electrons. The van der Waals surface area contributed by atoms with Crippen LogP contribution in [0.4, 0.5) is 0 Å². The van der Waals surface area contributed by atoms with Gasteiger partial charge in [-0.15, -0.1) is 0 Å². The lowest BCUT2D eigenvalue weighted by Crippen LogP contribution is -2.34. The van der Waals surface area contributed by atoms with Crippen molar-refractivity contribution in [1.82, 2.24) is 10.3 Å². The first-order chi connectivity index (χ1) is 8.35. The minimum atomic E-state index is 0.197. The Bertz CT molecular complexity index is 343. The number of piperidine rings is 1. The third kappa shape index (κ3) is 2.79. The molecular weight excluding hydrogens is 220 g/mol. The highest BCUT2D eigenvalue weighted by molar-refractivity contribution is 5.46. The van der Waals surface area contributed by atoms with Crippen LogP contribution in [0.25, 0.3) is 0 Å². The zero-order chi connectivity index (χ0) is 12.1. The van der Waals surface area contributed by atoms with Crippen molar-refractivity contribution < 1.29 is 14.2 Å². The van der Waals surface area contributed by atoms with Crippen molar-refractivity contribution >= 4 is 0 Å². The summed E-state index contributed by atoms with van der Waals surface area (Å²) < 4.78 is 16.4. The van der Waals surface area contributed by atoms with Crippen molar-refractivity contribution in [1.29, 1.82) is 0 Å². The molecule has 2 rings (SSSR count). The molecule has 1 N–H and O–H groups in total. The first kappa shape index (κ1) is 12.0. The third-order valence-electron chi connectivity index (χ3n) is 2.82. The number of ether oxygens (including phenoxy) is 3. The summed E-state index contributed by atoms with van der Waals surface area (Å²) >= 11 is 0. The van der Waals surface area contributed by atoms with Gasteiger partial charge in [0, 0.05) is 12.3 Å². The Morgan fingerprint density at radius 1 is 1.24 bits per heavy atom. The molecule has 1 saturated heterocycles. The molecule has 2 heterocycles. The maximum atomic E-state index is 5.95. The van der Waals surface area contributed by atoms with Gasteiger partial charge in [0.1, 0.15) is 6.10 Å². The average Bonchev–Trinajstić information content (AvgIpc) is 2.40. The molecule has 5 heteroatoms. The normalized spacial score (nSPS) is 16.6. The molecule has 1 aromatic rings. The largest absolute Gasteiger partial charge is 0.493 e. The summed E-state index contributed by atoms with van der Waals surface area (Å²) in [6, 6.07) is 1.78. The SMILES string of the molecule is COc1ccnc(OC)c1OC1CCNCC1. The average molecular weight is 238 g/mol. The molecule has 17 heavy (non-hydrogen) atoms. The summed E-state index contributed by atoms with van der Waals surface area (Å²) in [6.45, 7) is 1.96. The molecule has 0 amide bonds. The summed E-state index contributed by atoms with van der Waals surface area (Å²) in [7, 11) is 3.20. The Hall–Kier alpha value is -1.49. The predicted octanol–water partition coefficient (Wildman–Crippen LogP) is 1.23. The molecule has 94 valence electrons. The fourth-order valence-corrected chi connectivity index (χ4v) is 1.91. The molecule has 0 aliphatic carbocycles. The van der Waals surface area contributed by atoms with Crippen LogP contribution in [-0.2, 0) is 0 Å². The maximum absolute atomic E-state index is 5.95. The van der Waals surface area contributed by atoms with Crippen molar-refractivity contribution in [3.8, 4) is 17.4 Å². The lowest BCUT2D eigenvalue weighted by Gasteiger charge is -2.25. The van der Waals surface area contributed by atoms with Gasteiger partial charge in [0.15, 0.2) is 5.75 Å². The highest BCUT2D eigenvalue weighted by Crippen LogP contribution is 2.36. The topological polar surface area (TPSA) is 52.6 Å². The van der Waals surface area contributed by atoms with E-state index in [1.165, 1.54) is 0 Å². The van der Waals surface area contributed by atoms with Gasteiger partial charge in [-0.1, -0.05) is 0 Å². The van der Waals surface area contributed by atoms with Crippen LogP contribution in [0, 0.1) is 0 Å². The van der Waals surface area contributed by atoms with Crippen LogP contribution in [0.5, 0.6) is 17.4 Å². The Morgan fingerprint density at radius 3 is 2.65 bits per heavy atom. The number of methoxy groups -OCH3 is 2. The lowest BCUT2D eigenvalue weighted by atomic mass is 10.1.